The first-order chi connectivity index (χ1) is 7.83. The Morgan fingerprint density at radius 1 is 1.25 bits per heavy atom. The maximum atomic E-state index is 4.47. The Kier molecular flexibility index (Phi) is 2.15. The number of rotatable bonds is 2. The molecule has 0 saturated carbocycles. The van der Waals surface area contributed by atoms with Gasteiger partial charge in [0, 0.05) is 0 Å². The molecule has 0 saturated heterocycles. The van der Waals surface area contributed by atoms with E-state index >= 15 is 0 Å². The predicted molar refractivity (Wildman–Crippen MR) is 68.4 cm³/mol. The fourth-order valence-electron chi connectivity index (χ4n) is 1.62. The Balaban J connectivity index is 1.98. The average Bonchev–Trinajstić information content (AvgIpc) is 2.85. The first-order valence-electron chi connectivity index (χ1n) is 5.09. The molecule has 3 nitrogen and oxygen atoms in total. The lowest BCUT2D eigenvalue weighted by Gasteiger charge is -1.99. The average molecular weight is 229 g/mol. The third-order valence-corrected chi connectivity index (χ3v) is 3.42. The van der Waals surface area contributed by atoms with Crippen molar-refractivity contribution in [1.29, 1.82) is 0 Å². The Hall–Kier alpha value is -1.81. The lowest BCUT2D eigenvalue weighted by atomic mass is 10.3. The van der Waals surface area contributed by atoms with E-state index in [0.717, 1.165) is 22.0 Å². The molecule has 80 valence electrons. The highest BCUT2D eigenvalue weighted by Gasteiger charge is 2.04. The molecule has 4 heteroatoms. The zero-order chi connectivity index (χ0) is 11.0. The van der Waals surface area contributed by atoms with Gasteiger partial charge >= 0.3 is 0 Å². The van der Waals surface area contributed by atoms with Crippen LogP contribution >= 0.6 is 11.3 Å². The number of thiophene rings is 1. The molecule has 0 bridgehead atoms. The van der Waals surface area contributed by atoms with Gasteiger partial charge in [-0.15, -0.1) is 11.3 Å². The molecule has 0 aliphatic rings. The van der Waals surface area contributed by atoms with Crippen molar-refractivity contribution >= 4 is 33.3 Å². The van der Waals surface area contributed by atoms with Crippen LogP contribution in [-0.2, 0) is 0 Å². The van der Waals surface area contributed by atoms with Crippen LogP contribution in [0.1, 0.15) is 5.56 Å². The number of aromatic nitrogens is 2. The van der Waals surface area contributed by atoms with Gasteiger partial charge in [-0.3, -0.25) is 0 Å². The molecule has 0 radical (unpaired) electrons. The van der Waals surface area contributed by atoms with Gasteiger partial charge in [0.1, 0.15) is 0 Å². The normalized spacial score (nSPS) is 10.8. The third-order valence-electron chi connectivity index (χ3n) is 2.48. The summed E-state index contributed by atoms with van der Waals surface area (Å²) in [5, 5.41) is 6.50. The molecule has 1 aromatic carbocycles. The number of hydrogen-bond donors (Lipinski definition) is 2. The van der Waals surface area contributed by atoms with Gasteiger partial charge in [0.2, 0.25) is 5.95 Å². The van der Waals surface area contributed by atoms with E-state index in [0.29, 0.717) is 0 Å². The van der Waals surface area contributed by atoms with Crippen molar-refractivity contribution in [3.05, 3.63) is 41.3 Å². The van der Waals surface area contributed by atoms with E-state index in [9.17, 15) is 0 Å². The summed E-state index contributed by atoms with van der Waals surface area (Å²) in [7, 11) is 0. The highest BCUT2D eigenvalue weighted by molar-refractivity contribution is 7.14. The number of nitrogens with one attached hydrogen (secondary N) is 2. The molecule has 0 atom stereocenters. The van der Waals surface area contributed by atoms with Crippen molar-refractivity contribution in [2.45, 2.75) is 6.92 Å². The van der Waals surface area contributed by atoms with Gasteiger partial charge in [-0.1, -0.05) is 12.1 Å². The Morgan fingerprint density at radius 3 is 2.88 bits per heavy atom. The van der Waals surface area contributed by atoms with Crippen LogP contribution < -0.4 is 5.32 Å². The van der Waals surface area contributed by atoms with Crippen LogP contribution in [-0.4, -0.2) is 9.97 Å². The van der Waals surface area contributed by atoms with Gasteiger partial charge in [-0.05, 0) is 36.1 Å². The summed E-state index contributed by atoms with van der Waals surface area (Å²) >= 11 is 1.68. The summed E-state index contributed by atoms with van der Waals surface area (Å²) in [5.74, 6) is 0.798. The summed E-state index contributed by atoms with van der Waals surface area (Å²) in [4.78, 5) is 7.71. The highest BCUT2D eigenvalue weighted by atomic mass is 32.1. The lowest BCUT2D eigenvalue weighted by molar-refractivity contribution is 1.31. The molecule has 3 rings (SSSR count). The number of fused-ring (bicyclic) bond motifs is 1. The lowest BCUT2D eigenvalue weighted by Crippen LogP contribution is -1.90. The number of H-pyrrole nitrogens is 1. The molecule has 2 heterocycles. The minimum atomic E-state index is 0.798. The van der Waals surface area contributed by atoms with E-state index in [1.807, 2.05) is 24.3 Å². The minimum Gasteiger partial charge on any atom is -0.324 e. The van der Waals surface area contributed by atoms with E-state index in [4.69, 9.17) is 0 Å². The van der Waals surface area contributed by atoms with Crippen molar-refractivity contribution in [3.63, 3.8) is 0 Å². The van der Waals surface area contributed by atoms with Crippen LogP contribution in [0, 0.1) is 6.92 Å². The summed E-state index contributed by atoms with van der Waals surface area (Å²) in [6.07, 6.45) is 0. The first-order valence-corrected chi connectivity index (χ1v) is 5.97. The fourth-order valence-corrected chi connectivity index (χ4v) is 2.44. The number of hydrogen-bond acceptors (Lipinski definition) is 3. The maximum absolute atomic E-state index is 4.47. The second kappa shape index (κ2) is 3.64. The van der Waals surface area contributed by atoms with Crippen molar-refractivity contribution < 1.29 is 0 Å². The zero-order valence-corrected chi connectivity index (χ0v) is 9.64. The summed E-state index contributed by atoms with van der Waals surface area (Å²) in [6, 6.07) is 10.1. The Bertz CT molecular complexity index is 591. The minimum absolute atomic E-state index is 0.798. The van der Waals surface area contributed by atoms with E-state index < -0.39 is 0 Å². The van der Waals surface area contributed by atoms with Gasteiger partial charge in [0.25, 0.3) is 0 Å². The monoisotopic (exact) mass is 229 g/mol. The predicted octanol–water partition coefficient (Wildman–Crippen LogP) is 3.68. The fraction of sp³-hybridized carbons (Fsp3) is 0.0833. The molecule has 0 spiro atoms. The van der Waals surface area contributed by atoms with Crippen molar-refractivity contribution in [3.8, 4) is 0 Å². The number of imidazole rings is 1. The van der Waals surface area contributed by atoms with Gasteiger partial charge in [-0.2, -0.15) is 0 Å². The molecule has 2 aromatic heterocycles. The number of nitrogens with zero attached hydrogens (tertiary/aromatic N) is 1. The van der Waals surface area contributed by atoms with Gasteiger partial charge in [-0.25, -0.2) is 4.98 Å². The number of aromatic amines is 1. The van der Waals surface area contributed by atoms with Gasteiger partial charge < -0.3 is 10.3 Å². The zero-order valence-electron chi connectivity index (χ0n) is 8.82. The molecule has 3 aromatic rings. The van der Waals surface area contributed by atoms with Crippen molar-refractivity contribution in [2.75, 3.05) is 5.32 Å². The first kappa shape index (κ1) is 9.42. The third kappa shape index (κ3) is 1.57. The maximum Gasteiger partial charge on any atom is 0.206 e. The van der Waals surface area contributed by atoms with Crippen LogP contribution in [0.5, 0.6) is 0 Å². The molecule has 0 fully saturated rings. The molecule has 0 aliphatic carbocycles. The molecule has 0 aliphatic heterocycles. The van der Waals surface area contributed by atoms with Crippen LogP contribution in [0.4, 0.5) is 10.9 Å². The molecule has 0 amide bonds. The van der Waals surface area contributed by atoms with E-state index in [2.05, 4.69) is 33.7 Å². The van der Waals surface area contributed by atoms with E-state index in [1.54, 1.807) is 11.3 Å². The topological polar surface area (TPSA) is 40.7 Å². The number of benzene rings is 1. The second-order valence-electron chi connectivity index (χ2n) is 3.66. The van der Waals surface area contributed by atoms with E-state index in [-0.39, 0.29) is 0 Å². The van der Waals surface area contributed by atoms with Crippen LogP contribution in [0.15, 0.2) is 35.7 Å². The van der Waals surface area contributed by atoms with Crippen molar-refractivity contribution in [2.24, 2.45) is 0 Å². The van der Waals surface area contributed by atoms with Gasteiger partial charge in [0.15, 0.2) is 0 Å². The van der Waals surface area contributed by atoms with Crippen molar-refractivity contribution in [1.82, 2.24) is 9.97 Å². The summed E-state index contributed by atoms with van der Waals surface area (Å²) in [6.45, 7) is 2.08. The smallest absolute Gasteiger partial charge is 0.206 e. The molecule has 2 N–H and O–H groups in total. The second-order valence-corrected chi connectivity index (χ2v) is 4.58. The summed E-state index contributed by atoms with van der Waals surface area (Å²) in [5.41, 5.74) is 3.28. The van der Waals surface area contributed by atoms with E-state index in [1.165, 1.54) is 5.56 Å². The molecular weight excluding hydrogens is 218 g/mol. The number of aryl methyl sites for hydroxylation is 1. The molecular formula is C12H11N3S. The summed E-state index contributed by atoms with van der Waals surface area (Å²) < 4.78 is 0. The highest BCUT2D eigenvalue weighted by Crippen LogP contribution is 2.25. The SMILES string of the molecule is Cc1ccsc1Nc1nc2ccccc2[nH]1. The standard InChI is InChI=1S/C12H11N3S/c1-8-6-7-16-11(8)15-12-13-9-4-2-3-5-10(9)14-12/h2-7H,1H3,(H2,13,14,15). The largest absolute Gasteiger partial charge is 0.324 e. The van der Waals surface area contributed by atoms with Crippen LogP contribution in [0.25, 0.3) is 11.0 Å². The van der Waals surface area contributed by atoms with Crippen LogP contribution in [0.3, 0.4) is 0 Å². The molecule has 16 heavy (non-hydrogen) atoms. The Labute approximate surface area is 97.2 Å². The number of para-hydroxylation sites is 2. The molecule has 0 unspecified atom stereocenters. The Morgan fingerprint density at radius 2 is 2.12 bits per heavy atom. The number of anilines is 2. The van der Waals surface area contributed by atoms with Gasteiger partial charge in [0.05, 0.1) is 16.0 Å². The quantitative estimate of drug-likeness (QED) is 0.703. The van der Waals surface area contributed by atoms with Crippen LogP contribution in [0.2, 0.25) is 0 Å².